The van der Waals surface area contributed by atoms with E-state index >= 15 is 0 Å². The van der Waals surface area contributed by atoms with E-state index in [4.69, 9.17) is 11.6 Å². The Morgan fingerprint density at radius 1 is 1.46 bits per heavy atom. The Kier molecular flexibility index (Phi) is 3.11. The molecule has 0 bridgehead atoms. The van der Waals surface area contributed by atoms with Gasteiger partial charge in [0.15, 0.2) is 0 Å². The van der Waals surface area contributed by atoms with E-state index in [1.54, 1.807) is 0 Å². The van der Waals surface area contributed by atoms with Crippen LogP contribution in [0.3, 0.4) is 0 Å². The molecule has 1 aliphatic rings. The van der Waals surface area contributed by atoms with Gasteiger partial charge in [0.2, 0.25) is 0 Å². The Bertz CT molecular complexity index is 288. The van der Waals surface area contributed by atoms with Gasteiger partial charge in [0.05, 0.1) is 0 Å². The van der Waals surface area contributed by atoms with Crippen LogP contribution in [0.15, 0.2) is 18.2 Å². The monoisotopic (exact) mass is 307 g/mol. The number of nitrogens with one attached hydrogen (secondary N) is 1. The molecule has 1 atom stereocenters. The highest BCUT2D eigenvalue weighted by molar-refractivity contribution is 14.1. The lowest BCUT2D eigenvalue weighted by molar-refractivity contribution is 0.645. The lowest BCUT2D eigenvalue weighted by Crippen LogP contribution is -2.14. The number of rotatable bonds is 1. The van der Waals surface area contributed by atoms with Crippen molar-refractivity contribution in [1.29, 1.82) is 0 Å². The topological polar surface area (TPSA) is 12.0 Å². The van der Waals surface area contributed by atoms with Crippen LogP contribution in [-0.2, 0) is 0 Å². The molecule has 0 radical (unpaired) electrons. The van der Waals surface area contributed by atoms with Crippen molar-refractivity contribution in [3.8, 4) is 0 Å². The molecule has 1 fully saturated rings. The Labute approximate surface area is 97.0 Å². The first-order valence-electron chi connectivity index (χ1n) is 4.46. The average Bonchev–Trinajstić information content (AvgIpc) is 2.57. The molecule has 1 unspecified atom stereocenters. The molecular weight excluding hydrogens is 296 g/mol. The van der Waals surface area contributed by atoms with Crippen molar-refractivity contribution in [2.24, 2.45) is 0 Å². The van der Waals surface area contributed by atoms with E-state index in [-0.39, 0.29) is 0 Å². The molecule has 0 spiro atoms. The standard InChI is InChI=1S/C10H11ClIN/c11-7-3-1-4-8(12)10(7)9-5-2-6-13-9/h1,3-4,9,13H,2,5-6H2. The smallest absolute Gasteiger partial charge is 0.0464 e. The Morgan fingerprint density at radius 2 is 2.31 bits per heavy atom. The Hall–Kier alpha value is 0.200. The summed E-state index contributed by atoms with van der Waals surface area (Å²) in [5.74, 6) is 0. The molecule has 1 nitrogen and oxygen atoms in total. The van der Waals surface area contributed by atoms with Crippen molar-refractivity contribution in [2.45, 2.75) is 18.9 Å². The van der Waals surface area contributed by atoms with Gasteiger partial charge in [-0.3, -0.25) is 0 Å². The molecule has 1 saturated heterocycles. The maximum Gasteiger partial charge on any atom is 0.0464 e. The molecule has 3 heteroatoms. The van der Waals surface area contributed by atoms with E-state index in [2.05, 4.69) is 34.0 Å². The van der Waals surface area contributed by atoms with Crippen LogP contribution in [0.1, 0.15) is 24.4 Å². The van der Waals surface area contributed by atoms with Crippen LogP contribution in [0.25, 0.3) is 0 Å². The van der Waals surface area contributed by atoms with Crippen molar-refractivity contribution in [3.63, 3.8) is 0 Å². The highest BCUT2D eigenvalue weighted by atomic mass is 127. The predicted octanol–water partition coefficient (Wildman–Crippen LogP) is 3.37. The highest BCUT2D eigenvalue weighted by Crippen LogP contribution is 2.32. The minimum absolute atomic E-state index is 0.473. The summed E-state index contributed by atoms with van der Waals surface area (Å²) in [4.78, 5) is 0. The molecular formula is C10H11ClIN. The van der Waals surface area contributed by atoms with Crippen molar-refractivity contribution < 1.29 is 0 Å². The first-order chi connectivity index (χ1) is 6.29. The van der Waals surface area contributed by atoms with Crippen molar-refractivity contribution in [2.75, 3.05) is 6.54 Å². The normalized spacial score (nSPS) is 22.2. The van der Waals surface area contributed by atoms with E-state index in [0.29, 0.717) is 6.04 Å². The van der Waals surface area contributed by atoms with Gasteiger partial charge >= 0.3 is 0 Å². The van der Waals surface area contributed by atoms with E-state index in [0.717, 1.165) is 11.6 Å². The summed E-state index contributed by atoms with van der Waals surface area (Å²) in [5.41, 5.74) is 1.28. The third kappa shape index (κ3) is 2.00. The van der Waals surface area contributed by atoms with E-state index in [1.165, 1.54) is 22.0 Å². The zero-order chi connectivity index (χ0) is 9.26. The molecule has 0 aromatic heterocycles. The van der Waals surface area contributed by atoms with Gasteiger partial charge < -0.3 is 5.32 Å². The number of halogens is 2. The third-order valence-corrected chi connectivity index (χ3v) is 3.68. The molecule has 1 aromatic carbocycles. The van der Waals surface area contributed by atoms with Gasteiger partial charge in [-0.2, -0.15) is 0 Å². The van der Waals surface area contributed by atoms with Gasteiger partial charge in [-0.1, -0.05) is 17.7 Å². The first kappa shape index (κ1) is 9.74. The molecule has 13 heavy (non-hydrogen) atoms. The van der Waals surface area contributed by atoms with Crippen molar-refractivity contribution in [1.82, 2.24) is 5.32 Å². The average molecular weight is 308 g/mol. The Balaban J connectivity index is 2.37. The molecule has 1 N–H and O–H groups in total. The van der Waals surface area contributed by atoms with Crippen LogP contribution in [0, 0.1) is 3.57 Å². The third-order valence-electron chi connectivity index (χ3n) is 2.41. The summed E-state index contributed by atoms with van der Waals surface area (Å²) in [6.45, 7) is 1.12. The van der Waals surface area contributed by atoms with Crippen molar-refractivity contribution in [3.05, 3.63) is 32.4 Å². The van der Waals surface area contributed by atoms with E-state index in [1.807, 2.05) is 12.1 Å². The van der Waals surface area contributed by atoms with Gasteiger partial charge in [0, 0.05) is 20.2 Å². The van der Waals surface area contributed by atoms with Gasteiger partial charge in [-0.15, -0.1) is 0 Å². The largest absolute Gasteiger partial charge is 0.310 e. The molecule has 0 aliphatic carbocycles. The minimum atomic E-state index is 0.473. The predicted molar refractivity (Wildman–Crippen MR) is 64.1 cm³/mol. The lowest BCUT2D eigenvalue weighted by Gasteiger charge is -2.14. The summed E-state index contributed by atoms with van der Waals surface area (Å²) < 4.78 is 1.27. The number of hydrogen-bond donors (Lipinski definition) is 1. The number of benzene rings is 1. The van der Waals surface area contributed by atoms with Gasteiger partial charge in [0.1, 0.15) is 0 Å². The highest BCUT2D eigenvalue weighted by Gasteiger charge is 2.20. The fraction of sp³-hybridized carbons (Fsp3) is 0.400. The lowest BCUT2D eigenvalue weighted by atomic mass is 10.1. The van der Waals surface area contributed by atoms with Gasteiger partial charge in [-0.05, 0) is 54.1 Å². The zero-order valence-corrected chi connectivity index (χ0v) is 10.1. The molecule has 0 amide bonds. The molecule has 70 valence electrons. The maximum absolute atomic E-state index is 6.16. The minimum Gasteiger partial charge on any atom is -0.310 e. The molecule has 2 rings (SSSR count). The summed E-state index contributed by atoms with van der Waals surface area (Å²) in [6.07, 6.45) is 2.46. The fourth-order valence-corrected chi connectivity index (χ4v) is 3.11. The van der Waals surface area contributed by atoms with Crippen LogP contribution >= 0.6 is 34.2 Å². The summed E-state index contributed by atoms with van der Waals surface area (Å²) in [6, 6.07) is 6.56. The summed E-state index contributed by atoms with van der Waals surface area (Å²) >= 11 is 8.52. The first-order valence-corrected chi connectivity index (χ1v) is 5.92. The zero-order valence-electron chi connectivity index (χ0n) is 7.19. The van der Waals surface area contributed by atoms with Gasteiger partial charge in [0.25, 0.3) is 0 Å². The second-order valence-corrected chi connectivity index (χ2v) is 4.85. The van der Waals surface area contributed by atoms with Gasteiger partial charge in [-0.25, -0.2) is 0 Å². The van der Waals surface area contributed by atoms with Crippen LogP contribution in [-0.4, -0.2) is 6.54 Å². The second-order valence-electron chi connectivity index (χ2n) is 3.28. The number of hydrogen-bond acceptors (Lipinski definition) is 1. The van der Waals surface area contributed by atoms with E-state index < -0.39 is 0 Å². The van der Waals surface area contributed by atoms with Crippen LogP contribution < -0.4 is 5.32 Å². The fourth-order valence-electron chi connectivity index (χ4n) is 1.77. The summed E-state index contributed by atoms with van der Waals surface area (Å²) in [7, 11) is 0. The van der Waals surface area contributed by atoms with Crippen LogP contribution in [0.4, 0.5) is 0 Å². The summed E-state index contributed by atoms with van der Waals surface area (Å²) in [5, 5.41) is 4.36. The Morgan fingerprint density at radius 3 is 2.92 bits per heavy atom. The van der Waals surface area contributed by atoms with Crippen LogP contribution in [0.5, 0.6) is 0 Å². The molecule has 1 aromatic rings. The van der Waals surface area contributed by atoms with E-state index in [9.17, 15) is 0 Å². The second kappa shape index (κ2) is 4.15. The molecule has 1 aliphatic heterocycles. The maximum atomic E-state index is 6.16. The van der Waals surface area contributed by atoms with Crippen LogP contribution in [0.2, 0.25) is 5.02 Å². The van der Waals surface area contributed by atoms with Crippen molar-refractivity contribution >= 4 is 34.2 Å². The SMILES string of the molecule is Clc1cccc(I)c1C1CCCN1. The molecule has 0 saturated carbocycles. The molecule has 1 heterocycles. The quantitative estimate of drug-likeness (QED) is 0.785.